The zero-order valence-corrected chi connectivity index (χ0v) is 11.3. The predicted molar refractivity (Wildman–Crippen MR) is 76.4 cm³/mol. The summed E-state index contributed by atoms with van der Waals surface area (Å²) in [6.07, 6.45) is 1.63. The molecule has 20 heavy (non-hydrogen) atoms. The Bertz CT molecular complexity index is 736. The van der Waals surface area contributed by atoms with Gasteiger partial charge in [-0.1, -0.05) is 12.1 Å². The first-order valence-electron chi connectivity index (χ1n) is 6.02. The van der Waals surface area contributed by atoms with Gasteiger partial charge in [0.05, 0.1) is 11.0 Å². The topological polar surface area (TPSA) is 80.0 Å². The van der Waals surface area contributed by atoms with Gasteiger partial charge in [-0.2, -0.15) is 0 Å². The van der Waals surface area contributed by atoms with E-state index in [4.69, 9.17) is 0 Å². The van der Waals surface area contributed by atoms with Crippen molar-refractivity contribution in [2.45, 2.75) is 13.2 Å². The molecule has 7 heteroatoms. The number of imidazole rings is 1. The molecule has 0 spiro atoms. The smallest absolute Gasteiger partial charge is 0.246 e. The van der Waals surface area contributed by atoms with E-state index in [-0.39, 0.29) is 19.1 Å². The fraction of sp³-hybridized carbons (Fsp3) is 0.154. The number of anilines is 1. The molecule has 2 aromatic heterocycles. The number of nitrogens with zero attached hydrogens (tertiary/aromatic N) is 3. The van der Waals surface area contributed by atoms with Crippen LogP contribution in [-0.2, 0) is 17.9 Å². The van der Waals surface area contributed by atoms with Gasteiger partial charge in [-0.3, -0.25) is 4.79 Å². The molecular weight excluding hydrogens is 276 g/mol. The summed E-state index contributed by atoms with van der Waals surface area (Å²) in [6.45, 7) is -0.116. The number of aliphatic hydroxyl groups is 1. The molecule has 0 aliphatic heterocycles. The number of carbonyl (C=O) groups excluding carboxylic acids is 1. The minimum absolute atomic E-state index is 0.0932. The van der Waals surface area contributed by atoms with Gasteiger partial charge in [-0.25, -0.2) is 9.97 Å². The highest BCUT2D eigenvalue weighted by molar-refractivity contribution is 7.13. The molecular formula is C13H12N4O2S. The van der Waals surface area contributed by atoms with Gasteiger partial charge in [0.25, 0.3) is 0 Å². The first-order valence-corrected chi connectivity index (χ1v) is 6.90. The number of amides is 1. The molecule has 0 atom stereocenters. The molecule has 0 saturated heterocycles. The fourth-order valence-corrected chi connectivity index (χ4v) is 2.56. The second-order valence-electron chi connectivity index (χ2n) is 4.15. The molecule has 1 aromatic carbocycles. The van der Waals surface area contributed by atoms with Gasteiger partial charge in [0.15, 0.2) is 5.13 Å². The number of fused-ring (bicyclic) bond motifs is 1. The van der Waals surface area contributed by atoms with E-state index in [0.29, 0.717) is 11.0 Å². The van der Waals surface area contributed by atoms with Crippen LogP contribution in [0.2, 0.25) is 0 Å². The molecule has 2 heterocycles. The lowest BCUT2D eigenvalue weighted by Crippen LogP contribution is -2.20. The number of thiazole rings is 1. The molecule has 6 nitrogen and oxygen atoms in total. The van der Waals surface area contributed by atoms with E-state index in [2.05, 4.69) is 15.3 Å². The Hall–Kier alpha value is -2.25. The van der Waals surface area contributed by atoms with Crippen LogP contribution in [0.25, 0.3) is 11.0 Å². The van der Waals surface area contributed by atoms with Crippen molar-refractivity contribution < 1.29 is 9.90 Å². The second kappa shape index (κ2) is 5.40. The van der Waals surface area contributed by atoms with Gasteiger partial charge in [0, 0.05) is 11.6 Å². The summed E-state index contributed by atoms with van der Waals surface area (Å²) in [5, 5.41) is 14.4. The number of aromatic nitrogens is 3. The quantitative estimate of drug-likeness (QED) is 0.764. The maximum atomic E-state index is 12.0. The summed E-state index contributed by atoms with van der Waals surface area (Å²) in [6, 6.07) is 7.47. The summed E-state index contributed by atoms with van der Waals surface area (Å²) in [4.78, 5) is 20.3. The van der Waals surface area contributed by atoms with Crippen molar-refractivity contribution in [2.75, 3.05) is 5.32 Å². The van der Waals surface area contributed by atoms with Gasteiger partial charge in [-0.05, 0) is 12.1 Å². The lowest BCUT2D eigenvalue weighted by molar-refractivity contribution is -0.116. The zero-order chi connectivity index (χ0) is 13.9. The molecule has 3 aromatic rings. The number of para-hydroxylation sites is 2. The number of hydrogen-bond donors (Lipinski definition) is 2. The zero-order valence-electron chi connectivity index (χ0n) is 10.5. The summed E-state index contributed by atoms with van der Waals surface area (Å²) >= 11 is 1.36. The number of rotatable bonds is 4. The fourth-order valence-electron chi connectivity index (χ4n) is 2.01. The summed E-state index contributed by atoms with van der Waals surface area (Å²) in [5.74, 6) is 0.276. The molecule has 0 unspecified atom stereocenters. The number of hydrogen-bond acceptors (Lipinski definition) is 5. The van der Waals surface area contributed by atoms with E-state index in [1.807, 2.05) is 24.3 Å². The van der Waals surface area contributed by atoms with Crippen LogP contribution in [-0.4, -0.2) is 25.5 Å². The van der Waals surface area contributed by atoms with Crippen molar-refractivity contribution in [3.8, 4) is 0 Å². The third-order valence-electron chi connectivity index (χ3n) is 2.86. The van der Waals surface area contributed by atoms with Crippen LogP contribution in [0.1, 0.15) is 5.82 Å². The normalized spacial score (nSPS) is 10.8. The Morgan fingerprint density at radius 3 is 3.00 bits per heavy atom. The highest BCUT2D eigenvalue weighted by atomic mass is 32.1. The molecule has 0 bridgehead atoms. The molecule has 0 radical (unpaired) electrons. The first-order chi connectivity index (χ1) is 9.78. The number of aliphatic hydroxyl groups excluding tert-OH is 1. The van der Waals surface area contributed by atoms with E-state index in [1.165, 1.54) is 11.3 Å². The Kier molecular flexibility index (Phi) is 3.44. The molecule has 0 aliphatic carbocycles. The van der Waals surface area contributed by atoms with Crippen LogP contribution in [0.4, 0.5) is 5.13 Å². The van der Waals surface area contributed by atoms with Crippen molar-refractivity contribution in [1.82, 2.24) is 14.5 Å². The van der Waals surface area contributed by atoms with E-state index in [9.17, 15) is 9.90 Å². The van der Waals surface area contributed by atoms with Crippen molar-refractivity contribution in [1.29, 1.82) is 0 Å². The predicted octanol–water partition coefficient (Wildman–Crippen LogP) is 1.62. The average molecular weight is 288 g/mol. The number of benzene rings is 1. The Labute approximate surface area is 118 Å². The lowest BCUT2D eigenvalue weighted by Gasteiger charge is -2.07. The maximum Gasteiger partial charge on any atom is 0.246 e. The largest absolute Gasteiger partial charge is 0.388 e. The van der Waals surface area contributed by atoms with Crippen molar-refractivity contribution in [3.05, 3.63) is 41.7 Å². The van der Waals surface area contributed by atoms with Crippen molar-refractivity contribution in [3.63, 3.8) is 0 Å². The van der Waals surface area contributed by atoms with Gasteiger partial charge < -0.3 is 15.0 Å². The van der Waals surface area contributed by atoms with Gasteiger partial charge in [0.1, 0.15) is 19.0 Å². The highest BCUT2D eigenvalue weighted by Crippen LogP contribution is 2.17. The number of nitrogens with one attached hydrogen (secondary N) is 1. The molecule has 3 rings (SSSR count). The van der Waals surface area contributed by atoms with E-state index in [0.717, 1.165) is 11.0 Å². The minimum Gasteiger partial charge on any atom is -0.388 e. The Morgan fingerprint density at radius 2 is 2.25 bits per heavy atom. The molecule has 0 aliphatic rings. The summed E-state index contributed by atoms with van der Waals surface area (Å²) < 4.78 is 1.71. The van der Waals surface area contributed by atoms with Crippen molar-refractivity contribution >= 4 is 33.4 Å². The van der Waals surface area contributed by atoms with Crippen molar-refractivity contribution in [2.24, 2.45) is 0 Å². The third kappa shape index (κ3) is 2.40. The van der Waals surface area contributed by atoms with Gasteiger partial charge in [0.2, 0.25) is 5.91 Å². The molecule has 0 fully saturated rings. The first kappa shape index (κ1) is 12.8. The minimum atomic E-state index is -0.209. The van der Waals surface area contributed by atoms with Crippen LogP contribution < -0.4 is 5.32 Å². The summed E-state index contributed by atoms with van der Waals surface area (Å²) in [5.41, 5.74) is 1.59. The van der Waals surface area contributed by atoms with Crippen LogP contribution in [0.15, 0.2) is 35.8 Å². The Morgan fingerprint density at radius 1 is 1.40 bits per heavy atom. The van der Waals surface area contributed by atoms with Gasteiger partial charge in [-0.15, -0.1) is 11.3 Å². The van der Waals surface area contributed by atoms with Crippen LogP contribution in [0.3, 0.4) is 0 Å². The monoisotopic (exact) mass is 288 g/mol. The summed E-state index contributed by atoms with van der Waals surface area (Å²) in [7, 11) is 0. The van der Waals surface area contributed by atoms with E-state index < -0.39 is 0 Å². The molecule has 0 saturated carbocycles. The maximum absolute atomic E-state index is 12.0. The molecule has 2 N–H and O–H groups in total. The third-order valence-corrected chi connectivity index (χ3v) is 3.54. The molecule has 102 valence electrons. The lowest BCUT2D eigenvalue weighted by atomic mass is 10.3. The average Bonchev–Trinajstić information content (AvgIpc) is 3.07. The van der Waals surface area contributed by atoms with Crippen LogP contribution in [0, 0.1) is 0 Å². The van der Waals surface area contributed by atoms with Crippen LogP contribution in [0.5, 0.6) is 0 Å². The number of carbonyl (C=O) groups is 1. The Balaban J connectivity index is 1.88. The SMILES string of the molecule is O=C(Cn1c(CO)nc2ccccc21)Nc1nccs1. The van der Waals surface area contributed by atoms with E-state index >= 15 is 0 Å². The van der Waals surface area contributed by atoms with Gasteiger partial charge >= 0.3 is 0 Å². The highest BCUT2D eigenvalue weighted by Gasteiger charge is 2.13. The second-order valence-corrected chi connectivity index (χ2v) is 5.04. The molecule has 1 amide bonds. The standard InChI is InChI=1S/C13H12N4O2S/c18-8-11-15-9-3-1-2-4-10(9)17(11)7-12(19)16-13-14-5-6-20-13/h1-6,18H,7-8H2,(H,14,16,19). The van der Waals surface area contributed by atoms with E-state index in [1.54, 1.807) is 16.1 Å². The van der Waals surface area contributed by atoms with Crippen LogP contribution >= 0.6 is 11.3 Å².